The second-order valence-electron chi connectivity index (χ2n) is 4.31. The fraction of sp³-hybridized carbons (Fsp3) is 0.417. The number of rotatable bonds is 3. The summed E-state index contributed by atoms with van der Waals surface area (Å²) in [5.74, 6) is 1.01. The van der Waals surface area contributed by atoms with Crippen LogP contribution in [0.5, 0.6) is 5.75 Å². The molecule has 0 aromatic heterocycles. The smallest absolute Gasteiger partial charge is 0.222 e. The first-order chi connectivity index (χ1) is 7.11. The average molecular weight is 205 g/mol. The van der Waals surface area contributed by atoms with Gasteiger partial charge in [0.25, 0.3) is 0 Å². The van der Waals surface area contributed by atoms with Gasteiger partial charge in [-0.3, -0.25) is 4.79 Å². The van der Waals surface area contributed by atoms with Crippen molar-refractivity contribution < 1.29 is 9.53 Å². The highest BCUT2D eigenvalue weighted by Gasteiger charge is 2.37. The van der Waals surface area contributed by atoms with Crippen LogP contribution >= 0.6 is 0 Å². The molecule has 3 heteroatoms. The molecule has 0 saturated carbocycles. The van der Waals surface area contributed by atoms with Crippen LogP contribution in [0.3, 0.4) is 0 Å². The van der Waals surface area contributed by atoms with Crippen LogP contribution in [0.1, 0.15) is 18.9 Å². The molecule has 1 amide bonds. The van der Waals surface area contributed by atoms with E-state index in [2.05, 4.69) is 12.2 Å². The first-order valence-corrected chi connectivity index (χ1v) is 5.05. The Hall–Kier alpha value is -1.51. The number of β-lactam (4-membered cyclic amide) rings is 1. The summed E-state index contributed by atoms with van der Waals surface area (Å²) in [6.45, 7) is 2.07. The molecule has 1 aliphatic heterocycles. The van der Waals surface area contributed by atoms with Crippen LogP contribution in [0.25, 0.3) is 0 Å². The SMILES string of the molecule is COc1ccc(CC2(C)CC(=O)N2)cc1. The van der Waals surface area contributed by atoms with Crippen molar-refractivity contribution in [3.63, 3.8) is 0 Å². The molecular weight excluding hydrogens is 190 g/mol. The van der Waals surface area contributed by atoms with Crippen molar-refractivity contribution in [2.45, 2.75) is 25.3 Å². The van der Waals surface area contributed by atoms with Gasteiger partial charge in [-0.1, -0.05) is 12.1 Å². The lowest BCUT2D eigenvalue weighted by Crippen LogP contribution is -2.60. The zero-order valence-corrected chi connectivity index (χ0v) is 9.04. The van der Waals surface area contributed by atoms with Gasteiger partial charge in [-0.15, -0.1) is 0 Å². The van der Waals surface area contributed by atoms with Gasteiger partial charge >= 0.3 is 0 Å². The number of hydrogen-bond acceptors (Lipinski definition) is 2. The third-order valence-electron chi connectivity index (χ3n) is 2.75. The summed E-state index contributed by atoms with van der Waals surface area (Å²) >= 11 is 0. The standard InChI is InChI=1S/C12H15NO2/c1-12(8-11(14)13-12)7-9-3-5-10(15-2)6-4-9/h3-6H,7-8H2,1-2H3,(H,13,14). The largest absolute Gasteiger partial charge is 0.497 e. The molecule has 15 heavy (non-hydrogen) atoms. The molecule has 1 unspecified atom stereocenters. The average Bonchev–Trinajstić information content (AvgIpc) is 2.17. The quantitative estimate of drug-likeness (QED) is 0.760. The molecule has 1 aromatic rings. The summed E-state index contributed by atoms with van der Waals surface area (Å²) in [7, 11) is 1.66. The number of ether oxygens (including phenoxy) is 1. The molecule has 1 atom stereocenters. The van der Waals surface area contributed by atoms with Gasteiger partial charge in [0.15, 0.2) is 0 Å². The van der Waals surface area contributed by atoms with Gasteiger partial charge in [-0.2, -0.15) is 0 Å². The minimum Gasteiger partial charge on any atom is -0.497 e. The van der Waals surface area contributed by atoms with Crippen molar-refractivity contribution in [1.29, 1.82) is 0 Å². The fourth-order valence-corrected chi connectivity index (χ4v) is 1.97. The molecule has 1 saturated heterocycles. The fourth-order valence-electron chi connectivity index (χ4n) is 1.97. The van der Waals surface area contributed by atoms with E-state index in [1.165, 1.54) is 5.56 Å². The van der Waals surface area contributed by atoms with E-state index in [-0.39, 0.29) is 11.4 Å². The molecular formula is C12H15NO2. The van der Waals surface area contributed by atoms with E-state index in [4.69, 9.17) is 4.74 Å². The Labute approximate surface area is 89.4 Å². The number of hydrogen-bond donors (Lipinski definition) is 1. The van der Waals surface area contributed by atoms with Gasteiger partial charge < -0.3 is 10.1 Å². The Morgan fingerprint density at radius 2 is 2.00 bits per heavy atom. The Morgan fingerprint density at radius 3 is 2.47 bits per heavy atom. The summed E-state index contributed by atoms with van der Waals surface area (Å²) in [4.78, 5) is 10.9. The van der Waals surface area contributed by atoms with Crippen LogP contribution in [0.2, 0.25) is 0 Å². The minimum absolute atomic E-state index is 0.0499. The normalized spacial score (nSPS) is 24.3. The van der Waals surface area contributed by atoms with E-state index in [0.717, 1.165) is 12.2 Å². The molecule has 3 nitrogen and oxygen atoms in total. The Balaban J connectivity index is 2.02. The summed E-state index contributed by atoms with van der Waals surface area (Å²) < 4.78 is 5.09. The number of nitrogens with one attached hydrogen (secondary N) is 1. The molecule has 2 rings (SSSR count). The summed E-state index contributed by atoms with van der Waals surface area (Å²) in [5.41, 5.74) is 1.17. The molecule has 1 fully saturated rings. The first kappa shape index (κ1) is 10.0. The van der Waals surface area contributed by atoms with Crippen LogP contribution in [0.4, 0.5) is 0 Å². The number of carbonyl (C=O) groups is 1. The Bertz CT molecular complexity index is 362. The minimum atomic E-state index is -0.0499. The third-order valence-corrected chi connectivity index (χ3v) is 2.75. The van der Waals surface area contributed by atoms with Gasteiger partial charge in [0.05, 0.1) is 7.11 Å². The van der Waals surface area contributed by atoms with Gasteiger partial charge in [-0.05, 0) is 31.0 Å². The second kappa shape index (κ2) is 3.57. The molecule has 0 radical (unpaired) electrons. The molecule has 1 aliphatic rings. The molecule has 1 N–H and O–H groups in total. The summed E-state index contributed by atoms with van der Waals surface area (Å²) in [6, 6.07) is 7.96. The van der Waals surface area contributed by atoms with Crippen molar-refractivity contribution in [3.8, 4) is 5.75 Å². The van der Waals surface area contributed by atoms with Crippen LogP contribution in [0, 0.1) is 0 Å². The van der Waals surface area contributed by atoms with Crippen LogP contribution in [-0.4, -0.2) is 18.6 Å². The van der Waals surface area contributed by atoms with Crippen molar-refractivity contribution in [1.82, 2.24) is 5.32 Å². The van der Waals surface area contributed by atoms with Crippen molar-refractivity contribution in [3.05, 3.63) is 29.8 Å². The first-order valence-electron chi connectivity index (χ1n) is 5.05. The third kappa shape index (κ3) is 2.12. The maximum Gasteiger partial charge on any atom is 0.222 e. The molecule has 0 spiro atoms. The van der Waals surface area contributed by atoms with Gasteiger partial charge in [-0.25, -0.2) is 0 Å². The second-order valence-corrected chi connectivity index (χ2v) is 4.31. The highest BCUT2D eigenvalue weighted by molar-refractivity contribution is 5.84. The highest BCUT2D eigenvalue weighted by atomic mass is 16.5. The van der Waals surface area contributed by atoms with Crippen molar-refractivity contribution in [2.75, 3.05) is 7.11 Å². The van der Waals surface area contributed by atoms with Crippen LogP contribution in [0.15, 0.2) is 24.3 Å². The number of methoxy groups -OCH3 is 1. The monoisotopic (exact) mass is 205 g/mol. The lowest BCUT2D eigenvalue weighted by molar-refractivity contribution is -0.131. The van der Waals surface area contributed by atoms with E-state index in [9.17, 15) is 4.79 Å². The summed E-state index contributed by atoms with van der Waals surface area (Å²) in [5, 5.41) is 2.93. The zero-order chi connectivity index (χ0) is 10.9. The van der Waals surface area contributed by atoms with Crippen LogP contribution < -0.4 is 10.1 Å². The van der Waals surface area contributed by atoms with E-state index in [1.807, 2.05) is 24.3 Å². The maximum absolute atomic E-state index is 10.9. The molecule has 1 heterocycles. The van der Waals surface area contributed by atoms with Gasteiger partial charge in [0.2, 0.25) is 5.91 Å². The van der Waals surface area contributed by atoms with Gasteiger partial charge in [0, 0.05) is 12.0 Å². The van der Waals surface area contributed by atoms with E-state index in [1.54, 1.807) is 7.11 Å². The molecule has 0 bridgehead atoms. The number of carbonyl (C=O) groups excluding carboxylic acids is 1. The number of amides is 1. The highest BCUT2D eigenvalue weighted by Crippen LogP contribution is 2.25. The topological polar surface area (TPSA) is 38.3 Å². The van der Waals surface area contributed by atoms with E-state index in [0.29, 0.717) is 6.42 Å². The number of benzene rings is 1. The van der Waals surface area contributed by atoms with Crippen molar-refractivity contribution >= 4 is 5.91 Å². The Kier molecular flexibility index (Phi) is 2.39. The van der Waals surface area contributed by atoms with Gasteiger partial charge in [0.1, 0.15) is 5.75 Å². The predicted octanol–water partition coefficient (Wildman–Crippen LogP) is 1.52. The Morgan fingerprint density at radius 1 is 1.40 bits per heavy atom. The lowest BCUT2D eigenvalue weighted by atomic mass is 9.83. The predicted molar refractivity (Wildman–Crippen MR) is 57.9 cm³/mol. The molecule has 80 valence electrons. The maximum atomic E-state index is 10.9. The van der Waals surface area contributed by atoms with E-state index >= 15 is 0 Å². The summed E-state index contributed by atoms with van der Waals surface area (Å²) in [6.07, 6.45) is 1.50. The molecule has 0 aliphatic carbocycles. The zero-order valence-electron chi connectivity index (χ0n) is 9.04. The van der Waals surface area contributed by atoms with Crippen LogP contribution in [-0.2, 0) is 11.2 Å². The molecule has 1 aromatic carbocycles. The lowest BCUT2D eigenvalue weighted by Gasteiger charge is -2.39. The van der Waals surface area contributed by atoms with Crippen molar-refractivity contribution in [2.24, 2.45) is 0 Å². The van der Waals surface area contributed by atoms with E-state index < -0.39 is 0 Å².